The highest BCUT2D eigenvalue weighted by atomic mass is 15.2. The van der Waals surface area contributed by atoms with Crippen LogP contribution in [0.15, 0.2) is 0 Å². The minimum atomic E-state index is 0.814. The Morgan fingerprint density at radius 1 is 1.09 bits per heavy atom. The van der Waals surface area contributed by atoms with Crippen molar-refractivity contribution in [1.82, 2.24) is 10.2 Å². The van der Waals surface area contributed by atoms with Gasteiger partial charge in [0.1, 0.15) is 0 Å². The number of likely N-dealkylation sites (tertiary alicyclic amines) is 1. The van der Waals surface area contributed by atoms with E-state index in [1.54, 1.807) is 0 Å². The van der Waals surface area contributed by atoms with Crippen LogP contribution in [0.5, 0.6) is 0 Å². The van der Waals surface area contributed by atoms with E-state index < -0.39 is 0 Å². The Kier molecular flexibility index (Phi) is 3.34. The molecule has 2 heterocycles. The third-order valence-corrected chi connectivity index (χ3v) is 2.40. The Hall–Kier alpha value is -0.0800. The van der Waals surface area contributed by atoms with Crippen molar-refractivity contribution in [3.05, 3.63) is 0 Å². The van der Waals surface area contributed by atoms with Crippen molar-refractivity contribution in [2.24, 2.45) is 0 Å². The molecule has 0 aliphatic carbocycles. The third kappa shape index (κ3) is 2.17. The smallest absolute Gasteiger partial charge is 0.0198 e. The minimum Gasteiger partial charge on any atom is -0.309 e. The average molecular weight is 156 g/mol. The van der Waals surface area contributed by atoms with Crippen molar-refractivity contribution in [2.45, 2.75) is 38.8 Å². The van der Waals surface area contributed by atoms with Crippen LogP contribution in [0.2, 0.25) is 0 Å². The van der Waals surface area contributed by atoms with Crippen molar-refractivity contribution in [2.75, 3.05) is 20.1 Å². The van der Waals surface area contributed by atoms with E-state index in [1.807, 2.05) is 13.8 Å². The Labute approximate surface area is 70.0 Å². The molecule has 66 valence electrons. The molecule has 0 saturated carbocycles. The van der Waals surface area contributed by atoms with Crippen molar-refractivity contribution in [3.8, 4) is 0 Å². The quantitative estimate of drug-likeness (QED) is 0.564. The molecule has 2 rings (SSSR count). The van der Waals surface area contributed by atoms with Gasteiger partial charge in [-0.1, -0.05) is 13.8 Å². The van der Waals surface area contributed by atoms with Gasteiger partial charge in [0.15, 0.2) is 0 Å². The largest absolute Gasteiger partial charge is 0.309 e. The molecule has 0 aromatic carbocycles. The lowest BCUT2D eigenvalue weighted by atomic mass is 10.2. The summed E-state index contributed by atoms with van der Waals surface area (Å²) >= 11 is 0. The summed E-state index contributed by atoms with van der Waals surface area (Å²) in [5.41, 5.74) is 0. The van der Waals surface area contributed by atoms with Crippen LogP contribution in [0.3, 0.4) is 0 Å². The van der Waals surface area contributed by atoms with Crippen LogP contribution >= 0.6 is 0 Å². The number of piperazine rings is 1. The summed E-state index contributed by atoms with van der Waals surface area (Å²) in [5.74, 6) is 0. The first-order chi connectivity index (χ1) is 5.34. The standard InChI is InChI=1S/C7H14N2.C2H6/c1-9-4-6-2-3-7(5-9)8-6;1-2/h6-8H,2-5H2,1H3;1-2H3/t6-,7+;. The maximum atomic E-state index is 3.58. The third-order valence-electron chi connectivity index (χ3n) is 2.40. The predicted molar refractivity (Wildman–Crippen MR) is 48.8 cm³/mol. The highest BCUT2D eigenvalue weighted by Crippen LogP contribution is 2.18. The van der Waals surface area contributed by atoms with Crippen LogP contribution in [-0.2, 0) is 0 Å². The number of likely N-dealkylation sites (N-methyl/N-ethyl adjacent to an activating group) is 1. The molecule has 2 atom stereocenters. The fourth-order valence-electron chi connectivity index (χ4n) is 2.02. The van der Waals surface area contributed by atoms with E-state index in [0.29, 0.717) is 0 Å². The number of nitrogens with one attached hydrogen (secondary N) is 1. The minimum absolute atomic E-state index is 0.814. The van der Waals surface area contributed by atoms with Crippen LogP contribution in [0.1, 0.15) is 26.7 Å². The summed E-state index contributed by atoms with van der Waals surface area (Å²) in [6.07, 6.45) is 2.80. The zero-order valence-corrected chi connectivity index (χ0v) is 7.93. The summed E-state index contributed by atoms with van der Waals surface area (Å²) in [7, 11) is 2.21. The zero-order valence-electron chi connectivity index (χ0n) is 7.93. The van der Waals surface area contributed by atoms with Gasteiger partial charge in [0.25, 0.3) is 0 Å². The lowest BCUT2D eigenvalue weighted by Crippen LogP contribution is -2.49. The highest BCUT2D eigenvalue weighted by molar-refractivity contribution is 4.91. The van der Waals surface area contributed by atoms with Gasteiger partial charge < -0.3 is 10.2 Å². The second-order valence-electron chi connectivity index (χ2n) is 3.36. The topological polar surface area (TPSA) is 15.3 Å². The molecule has 2 nitrogen and oxygen atoms in total. The molecule has 2 fully saturated rings. The fraction of sp³-hybridized carbons (Fsp3) is 1.00. The Bertz CT molecular complexity index is 102. The maximum Gasteiger partial charge on any atom is 0.0198 e. The number of rotatable bonds is 0. The first-order valence-electron chi connectivity index (χ1n) is 4.79. The Balaban J connectivity index is 0.000000281. The molecule has 0 aromatic heterocycles. The van der Waals surface area contributed by atoms with Crippen LogP contribution < -0.4 is 5.32 Å². The van der Waals surface area contributed by atoms with Gasteiger partial charge in [-0.15, -0.1) is 0 Å². The molecular formula is C9H20N2. The summed E-state index contributed by atoms with van der Waals surface area (Å²) in [6, 6.07) is 1.63. The summed E-state index contributed by atoms with van der Waals surface area (Å²) in [4.78, 5) is 2.43. The summed E-state index contributed by atoms with van der Waals surface area (Å²) in [5, 5.41) is 3.58. The molecular weight excluding hydrogens is 136 g/mol. The lowest BCUT2D eigenvalue weighted by molar-refractivity contribution is 0.235. The second kappa shape index (κ2) is 4.07. The van der Waals surface area contributed by atoms with Crippen molar-refractivity contribution < 1.29 is 0 Å². The molecule has 0 aromatic rings. The molecule has 2 aliphatic heterocycles. The van der Waals surface area contributed by atoms with E-state index in [4.69, 9.17) is 0 Å². The first kappa shape index (κ1) is 9.01. The molecule has 2 bridgehead atoms. The van der Waals surface area contributed by atoms with Crippen molar-refractivity contribution in [1.29, 1.82) is 0 Å². The van der Waals surface area contributed by atoms with E-state index >= 15 is 0 Å². The Morgan fingerprint density at radius 3 is 2.00 bits per heavy atom. The highest BCUT2D eigenvalue weighted by Gasteiger charge is 2.29. The molecule has 0 unspecified atom stereocenters. The van der Waals surface area contributed by atoms with Gasteiger partial charge in [-0.2, -0.15) is 0 Å². The van der Waals surface area contributed by atoms with Crippen LogP contribution in [-0.4, -0.2) is 37.1 Å². The van der Waals surface area contributed by atoms with Gasteiger partial charge in [-0.05, 0) is 19.9 Å². The lowest BCUT2D eigenvalue weighted by Gasteiger charge is -2.29. The molecule has 2 saturated heterocycles. The van der Waals surface area contributed by atoms with E-state index in [2.05, 4.69) is 17.3 Å². The molecule has 1 N–H and O–H groups in total. The molecule has 2 aliphatic rings. The summed E-state index contributed by atoms with van der Waals surface area (Å²) in [6.45, 7) is 6.52. The fourth-order valence-corrected chi connectivity index (χ4v) is 2.02. The maximum absolute atomic E-state index is 3.58. The van der Waals surface area contributed by atoms with Crippen LogP contribution in [0.4, 0.5) is 0 Å². The van der Waals surface area contributed by atoms with E-state index in [1.165, 1.54) is 25.9 Å². The van der Waals surface area contributed by atoms with E-state index in [-0.39, 0.29) is 0 Å². The molecule has 2 heteroatoms. The Morgan fingerprint density at radius 2 is 1.55 bits per heavy atom. The van der Waals surface area contributed by atoms with E-state index in [9.17, 15) is 0 Å². The molecule has 0 spiro atoms. The average Bonchev–Trinajstić information content (AvgIpc) is 2.35. The van der Waals surface area contributed by atoms with Crippen LogP contribution in [0.25, 0.3) is 0 Å². The van der Waals surface area contributed by atoms with Gasteiger partial charge >= 0.3 is 0 Å². The van der Waals surface area contributed by atoms with Gasteiger partial charge in [-0.25, -0.2) is 0 Å². The normalized spacial score (nSPS) is 36.3. The van der Waals surface area contributed by atoms with Gasteiger partial charge in [0.2, 0.25) is 0 Å². The van der Waals surface area contributed by atoms with Crippen molar-refractivity contribution in [3.63, 3.8) is 0 Å². The molecule has 0 radical (unpaired) electrons. The molecule has 0 amide bonds. The predicted octanol–water partition coefficient (Wildman–Crippen LogP) is 1.08. The number of fused-ring (bicyclic) bond motifs is 2. The van der Waals surface area contributed by atoms with Gasteiger partial charge in [-0.3, -0.25) is 0 Å². The SMILES string of the molecule is CC.CN1C[C@H]2CC[C@@H](C1)N2. The summed E-state index contributed by atoms with van der Waals surface area (Å²) < 4.78 is 0. The van der Waals surface area contributed by atoms with Gasteiger partial charge in [0.05, 0.1) is 0 Å². The monoisotopic (exact) mass is 156 g/mol. The number of nitrogens with zero attached hydrogens (tertiary/aromatic N) is 1. The van der Waals surface area contributed by atoms with Gasteiger partial charge in [0, 0.05) is 25.2 Å². The second-order valence-corrected chi connectivity index (χ2v) is 3.36. The van der Waals surface area contributed by atoms with Crippen LogP contribution in [0, 0.1) is 0 Å². The number of hydrogen-bond donors (Lipinski definition) is 1. The molecule has 11 heavy (non-hydrogen) atoms. The first-order valence-corrected chi connectivity index (χ1v) is 4.79. The number of hydrogen-bond acceptors (Lipinski definition) is 2. The zero-order chi connectivity index (χ0) is 8.27. The van der Waals surface area contributed by atoms with Crippen molar-refractivity contribution >= 4 is 0 Å². The van der Waals surface area contributed by atoms with E-state index in [0.717, 1.165) is 12.1 Å².